The zero-order valence-electron chi connectivity index (χ0n) is 12.0. The summed E-state index contributed by atoms with van der Waals surface area (Å²) in [5, 5.41) is 16.4. The highest BCUT2D eigenvalue weighted by molar-refractivity contribution is 5.94. The van der Waals surface area contributed by atoms with E-state index in [0.29, 0.717) is 24.6 Å². The molecule has 1 fully saturated rings. The van der Waals surface area contributed by atoms with E-state index in [1.54, 1.807) is 18.7 Å². The lowest BCUT2D eigenvalue weighted by Gasteiger charge is -2.33. The highest BCUT2D eigenvalue weighted by atomic mass is 16.4. The van der Waals surface area contributed by atoms with Crippen molar-refractivity contribution in [2.75, 3.05) is 18.0 Å². The Morgan fingerprint density at radius 2 is 1.95 bits per heavy atom. The number of nitrogens with one attached hydrogen (secondary N) is 1. The molecule has 2 N–H and O–H groups in total. The molecule has 1 aliphatic rings. The minimum absolute atomic E-state index is 0.0222. The van der Waals surface area contributed by atoms with Gasteiger partial charge in [-0.05, 0) is 19.8 Å². The molecule has 0 radical (unpaired) electrons. The van der Waals surface area contributed by atoms with Gasteiger partial charge in [-0.2, -0.15) is 5.10 Å². The molecule has 0 bridgehead atoms. The van der Waals surface area contributed by atoms with Gasteiger partial charge in [0.1, 0.15) is 11.4 Å². The van der Waals surface area contributed by atoms with Gasteiger partial charge in [0.2, 0.25) is 5.91 Å². The highest BCUT2D eigenvalue weighted by Gasteiger charge is 2.27. The SMILES string of the molecule is CC(=O)NC1CCN(c2c(C(=O)O)c(C)nn2C)CC1. The van der Waals surface area contributed by atoms with Crippen molar-refractivity contribution in [1.82, 2.24) is 15.1 Å². The average Bonchev–Trinajstić information content (AvgIpc) is 2.64. The lowest BCUT2D eigenvalue weighted by molar-refractivity contribution is -0.119. The first-order valence-electron chi connectivity index (χ1n) is 6.69. The summed E-state index contributed by atoms with van der Waals surface area (Å²) >= 11 is 0. The number of carbonyl (C=O) groups is 2. The van der Waals surface area contributed by atoms with E-state index in [9.17, 15) is 14.7 Å². The molecule has 0 aliphatic carbocycles. The fourth-order valence-electron chi connectivity index (χ4n) is 2.78. The number of carboxylic acid groups (broad SMARTS) is 1. The normalized spacial score (nSPS) is 16.2. The number of aryl methyl sites for hydroxylation is 2. The van der Waals surface area contributed by atoms with Gasteiger partial charge < -0.3 is 15.3 Å². The molecule has 0 saturated carbocycles. The van der Waals surface area contributed by atoms with Gasteiger partial charge in [-0.1, -0.05) is 0 Å². The molecule has 7 nitrogen and oxygen atoms in total. The van der Waals surface area contributed by atoms with Crippen molar-refractivity contribution in [3.05, 3.63) is 11.3 Å². The molecule has 2 heterocycles. The molecule has 1 amide bonds. The molecule has 110 valence electrons. The predicted molar refractivity (Wildman–Crippen MR) is 74.0 cm³/mol. The van der Waals surface area contributed by atoms with Crippen LogP contribution in [0.5, 0.6) is 0 Å². The molecule has 0 spiro atoms. The summed E-state index contributed by atoms with van der Waals surface area (Å²) in [7, 11) is 1.76. The smallest absolute Gasteiger partial charge is 0.341 e. The first-order chi connectivity index (χ1) is 9.40. The molecular formula is C13H20N4O3. The lowest BCUT2D eigenvalue weighted by Crippen LogP contribution is -2.44. The van der Waals surface area contributed by atoms with Crippen molar-refractivity contribution in [1.29, 1.82) is 0 Å². The van der Waals surface area contributed by atoms with Gasteiger partial charge in [-0.25, -0.2) is 4.79 Å². The second kappa shape index (κ2) is 5.52. The molecule has 1 aromatic rings. The summed E-state index contributed by atoms with van der Waals surface area (Å²) < 4.78 is 1.62. The van der Waals surface area contributed by atoms with E-state index in [0.717, 1.165) is 12.8 Å². The molecule has 20 heavy (non-hydrogen) atoms. The fourth-order valence-corrected chi connectivity index (χ4v) is 2.78. The van der Waals surface area contributed by atoms with Crippen molar-refractivity contribution in [3.63, 3.8) is 0 Å². The summed E-state index contributed by atoms with van der Waals surface area (Å²) in [5.74, 6) is -0.322. The van der Waals surface area contributed by atoms with Crippen LogP contribution >= 0.6 is 0 Å². The Kier molecular flexibility index (Phi) is 3.96. The van der Waals surface area contributed by atoms with Crippen LogP contribution in [0.2, 0.25) is 0 Å². The summed E-state index contributed by atoms with van der Waals surface area (Å²) in [5.41, 5.74) is 0.796. The average molecular weight is 280 g/mol. The number of anilines is 1. The number of carboxylic acids is 1. The third-order valence-electron chi connectivity index (χ3n) is 3.61. The van der Waals surface area contributed by atoms with Crippen molar-refractivity contribution < 1.29 is 14.7 Å². The molecule has 2 rings (SSSR count). The van der Waals surface area contributed by atoms with Crippen molar-refractivity contribution in [2.45, 2.75) is 32.7 Å². The first kappa shape index (κ1) is 14.4. The highest BCUT2D eigenvalue weighted by Crippen LogP contribution is 2.26. The Balaban J connectivity index is 2.15. The van der Waals surface area contributed by atoms with Gasteiger partial charge >= 0.3 is 5.97 Å². The second-order valence-corrected chi connectivity index (χ2v) is 5.17. The van der Waals surface area contributed by atoms with Gasteiger partial charge in [-0.15, -0.1) is 0 Å². The summed E-state index contributed by atoms with van der Waals surface area (Å²) in [6, 6.07) is 0.173. The van der Waals surface area contributed by atoms with Crippen LogP contribution in [0.3, 0.4) is 0 Å². The monoisotopic (exact) mass is 280 g/mol. The number of aromatic carboxylic acids is 1. The zero-order valence-corrected chi connectivity index (χ0v) is 12.0. The third-order valence-corrected chi connectivity index (χ3v) is 3.61. The number of hydrogen-bond acceptors (Lipinski definition) is 4. The van der Waals surface area contributed by atoms with Crippen LogP contribution in [0.15, 0.2) is 0 Å². The number of piperidine rings is 1. The number of amides is 1. The lowest BCUT2D eigenvalue weighted by atomic mass is 10.0. The Morgan fingerprint density at radius 1 is 1.35 bits per heavy atom. The summed E-state index contributed by atoms with van der Waals surface area (Å²) in [6.07, 6.45) is 1.62. The minimum Gasteiger partial charge on any atom is -0.477 e. The van der Waals surface area contributed by atoms with E-state index >= 15 is 0 Å². The van der Waals surface area contributed by atoms with E-state index in [1.807, 2.05) is 4.90 Å². The minimum atomic E-state index is -0.949. The van der Waals surface area contributed by atoms with E-state index in [-0.39, 0.29) is 17.5 Å². The molecule has 7 heteroatoms. The van der Waals surface area contributed by atoms with Gasteiger partial charge in [0.05, 0.1) is 5.69 Å². The molecule has 0 atom stereocenters. The van der Waals surface area contributed by atoms with Crippen molar-refractivity contribution >= 4 is 17.7 Å². The summed E-state index contributed by atoms with van der Waals surface area (Å²) in [4.78, 5) is 24.4. The molecule has 1 aromatic heterocycles. The number of aromatic nitrogens is 2. The quantitative estimate of drug-likeness (QED) is 0.843. The van der Waals surface area contributed by atoms with E-state index in [1.165, 1.54) is 6.92 Å². The van der Waals surface area contributed by atoms with Crippen LogP contribution in [-0.4, -0.2) is 45.9 Å². The zero-order chi connectivity index (χ0) is 14.9. The van der Waals surface area contributed by atoms with Crippen LogP contribution in [-0.2, 0) is 11.8 Å². The maximum Gasteiger partial charge on any atom is 0.341 e. The maximum atomic E-state index is 11.4. The van der Waals surface area contributed by atoms with Crippen molar-refractivity contribution in [2.24, 2.45) is 7.05 Å². The van der Waals surface area contributed by atoms with E-state index in [2.05, 4.69) is 10.4 Å². The maximum absolute atomic E-state index is 11.4. The second-order valence-electron chi connectivity index (χ2n) is 5.17. The summed E-state index contributed by atoms with van der Waals surface area (Å²) in [6.45, 7) is 4.64. The number of carbonyl (C=O) groups excluding carboxylic acids is 1. The molecule has 1 saturated heterocycles. The Bertz CT molecular complexity index is 530. The van der Waals surface area contributed by atoms with Gasteiger partial charge in [0.25, 0.3) is 0 Å². The first-order valence-corrected chi connectivity index (χ1v) is 6.69. The van der Waals surface area contributed by atoms with Gasteiger partial charge in [0.15, 0.2) is 0 Å². The van der Waals surface area contributed by atoms with Gasteiger partial charge in [-0.3, -0.25) is 9.48 Å². The number of rotatable bonds is 3. The third kappa shape index (κ3) is 2.76. The topological polar surface area (TPSA) is 87.5 Å². The molecule has 0 unspecified atom stereocenters. The van der Waals surface area contributed by atoms with Crippen LogP contribution in [0.25, 0.3) is 0 Å². The predicted octanol–water partition coefficient (Wildman–Crippen LogP) is 0.532. The van der Waals surface area contributed by atoms with Crippen LogP contribution in [0, 0.1) is 6.92 Å². The van der Waals surface area contributed by atoms with E-state index < -0.39 is 5.97 Å². The fraction of sp³-hybridized carbons (Fsp3) is 0.615. The van der Waals surface area contributed by atoms with Gasteiger partial charge in [0, 0.05) is 33.1 Å². The van der Waals surface area contributed by atoms with Crippen LogP contribution < -0.4 is 10.2 Å². The molecule has 0 aromatic carbocycles. The Hall–Kier alpha value is -2.05. The molecule has 1 aliphatic heterocycles. The van der Waals surface area contributed by atoms with Crippen LogP contribution in [0.1, 0.15) is 35.8 Å². The number of nitrogens with zero attached hydrogens (tertiary/aromatic N) is 3. The standard InChI is InChI=1S/C13H20N4O3/c1-8-11(13(19)20)12(16(3)15-8)17-6-4-10(5-7-17)14-9(2)18/h10H,4-7H2,1-3H3,(H,14,18)(H,19,20). The van der Waals surface area contributed by atoms with Crippen LogP contribution in [0.4, 0.5) is 5.82 Å². The number of hydrogen-bond donors (Lipinski definition) is 2. The largest absolute Gasteiger partial charge is 0.477 e. The van der Waals surface area contributed by atoms with Crippen molar-refractivity contribution in [3.8, 4) is 0 Å². The Labute approximate surface area is 117 Å². The Morgan fingerprint density at radius 3 is 2.45 bits per heavy atom. The molecular weight excluding hydrogens is 260 g/mol. The van der Waals surface area contributed by atoms with E-state index in [4.69, 9.17) is 0 Å².